The van der Waals surface area contributed by atoms with Gasteiger partial charge in [-0.05, 0) is 60.9 Å². The molecule has 0 spiro atoms. The van der Waals surface area contributed by atoms with Gasteiger partial charge in [0, 0.05) is 35.8 Å². The number of nitrogens with one attached hydrogen (secondary N) is 1. The van der Waals surface area contributed by atoms with Gasteiger partial charge in [0.2, 0.25) is 5.95 Å². The maximum absolute atomic E-state index is 12.9. The van der Waals surface area contributed by atoms with Crippen LogP contribution in [0.1, 0.15) is 69.0 Å². The predicted molar refractivity (Wildman–Crippen MR) is 133 cm³/mol. The molecule has 2 heterocycles. The quantitative estimate of drug-likeness (QED) is 0.329. The Morgan fingerprint density at radius 1 is 1.08 bits per heavy atom. The highest BCUT2D eigenvalue weighted by molar-refractivity contribution is 5.70. The van der Waals surface area contributed by atoms with Crippen LogP contribution in [0.15, 0.2) is 42.9 Å². The average Bonchev–Trinajstić information content (AvgIpc) is 2.83. The van der Waals surface area contributed by atoms with Gasteiger partial charge >= 0.3 is 6.16 Å². The Hall–Kier alpha value is -3.69. The number of halogens is 2. The summed E-state index contributed by atoms with van der Waals surface area (Å²) in [7, 11) is 0. The molecular weight excluding hydrogens is 468 g/mol. The third-order valence-electron chi connectivity index (χ3n) is 6.33. The van der Waals surface area contributed by atoms with Crippen LogP contribution in [0.25, 0.3) is 11.1 Å². The van der Waals surface area contributed by atoms with E-state index in [1.54, 1.807) is 0 Å². The smallest absolute Gasteiger partial charge is 0.450 e. The number of anilines is 2. The van der Waals surface area contributed by atoms with Crippen LogP contribution in [-0.4, -0.2) is 36.3 Å². The number of alkyl halides is 2. The maximum atomic E-state index is 12.9. The summed E-state index contributed by atoms with van der Waals surface area (Å²) in [6.07, 6.45) is 5.71. The first-order valence-corrected chi connectivity index (χ1v) is 11.9. The molecule has 8 nitrogen and oxygen atoms in total. The zero-order valence-electron chi connectivity index (χ0n) is 20.5. The van der Waals surface area contributed by atoms with E-state index in [0.29, 0.717) is 11.8 Å². The molecule has 4 rings (SSSR count). The molecule has 1 unspecified atom stereocenters. The zero-order valence-corrected chi connectivity index (χ0v) is 20.5. The molecule has 10 heteroatoms. The number of benzene rings is 1. The second-order valence-electron chi connectivity index (χ2n) is 9.25. The van der Waals surface area contributed by atoms with Gasteiger partial charge in [-0.1, -0.05) is 32.8 Å². The van der Waals surface area contributed by atoms with Crippen molar-refractivity contribution in [2.45, 2.75) is 58.8 Å². The average molecular weight is 500 g/mol. The third-order valence-corrected chi connectivity index (χ3v) is 6.33. The number of carboxylic acid groups (broad SMARTS) is 2. The molecule has 3 atom stereocenters. The Kier molecular flexibility index (Phi) is 9.21. The molecule has 36 heavy (non-hydrogen) atoms. The molecule has 0 bridgehead atoms. The van der Waals surface area contributed by atoms with Crippen molar-refractivity contribution >= 4 is 17.8 Å². The summed E-state index contributed by atoms with van der Waals surface area (Å²) in [5.41, 5.74) is 3.29. The molecule has 0 aliphatic heterocycles. The van der Waals surface area contributed by atoms with Gasteiger partial charge in [-0.3, -0.25) is 0 Å². The molecule has 1 aliphatic carbocycles. The van der Waals surface area contributed by atoms with Crippen LogP contribution in [0.3, 0.4) is 0 Å². The lowest BCUT2D eigenvalue weighted by atomic mass is 9.76. The van der Waals surface area contributed by atoms with E-state index >= 15 is 0 Å². The Morgan fingerprint density at radius 3 is 2.42 bits per heavy atom. The molecule has 1 fully saturated rings. The fourth-order valence-electron chi connectivity index (χ4n) is 4.57. The Bertz CT molecular complexity index is 1160. The molecular formula is C26H31F2N5O3. The van der Waals surface area contributed by atoms with Gasteiger partial charge in [-0.15, -0.1) is 0 Å². The zero-order chi connectivity index (χ0) is 26.2. The normalized spacial score (nSPS) is 18.2. The second-order valence-corrected chi connectivity index (χ2v) is 9.25. The van der Waals surface area contributed by atoms with E-state index in [1.165, 1.54) is 37.9 Å². The molecule has 2 aromatic heterocycles. The van der Waals surface area contributed by atoms with Gasteiger partial charge < -0.3 is 15.5 Å². The minimum absolute atomic E-state index is 0.140. The van der Waals surface area contributed by atoms with Crippen molar-refractivity contribution in [1.29, 1.82) is 0 Å². The number of aryl methyl sites for hydroxylation is 1. The van der Waals surface area contributed by atoms with Gasteiger partial charge in [-0.2, -0.15) is 0 Å². The van der Waals surface area contributed by atoms with Crippen molar-refractivity contribution < 1.29 is 23.8 Å². The Morgan fingerprint density at radius 2 is 1.78 bits per heavy atom. The monoisotopic (exact) mass is 499 g/mol. The predicted octanol–water partition coefficient (Wildman–Crippen LogP) is 7.08. The molecule has 0 amide bonds. The lowest BCUT2D eigenvalue weighted by Crippen LogP contribution is -2.20. The lowest BCUT2D eigenvalue weighted by Gasteiger charge is -2.30. The SMILES string of the molecule is Cc1cc(Nc2nccc(C(F)F)n2)cc(-c2cnc([C@H](C)C3CCC[C@H](C)C3)nc2)c1.O=C(O)O. The Balaban J connectivity index is 0.000000840. The molecule has 3 aromatic rings. The largest absolute Gasteiger partial charge is 0.503 e. The van der Waals surface area contributed by atoms with Crippen molar-refractivity contribution in [2.75, 3.05) is 5.32 Å². The molecule has 1 saturated carbocycles. The number of hydrogen-bond acceptors (Lipinski definition) is 6. The molecule has 192 valence electrons. The molecule has 1 aromatic carbocycles. The summed E-state index contributed by atoms with van der Waals surface area (Å²) < 4.78 is 25.9. The van der Waals surface area contributed by atoms with Crippen LogP contribution in [0.2, 0.25) is 0 Å². The molecule has 1 aliphatic rings. The van der Waals surface area contributed by atoms with Crippen LogP contribution in [-0.2, 0) is 0 Å². The highest BCUT2D eigenvalue weighted by Crippen LogP contribution is 2.37. The fourth-order valence-corrected chi connectivity index (χ4v) is 4.57. The van der Waals surface area contributed by atoms with Crippen molar-refractivity contribution in [2.24, 2.45) is 11.8 Å². The van der Waals surface area contributed by atoms with E-state index in [2.05, 4.69) is 29.1 Å². The first-order chi connectivity index (χ1) is 17.1. The van der Waals surface area contributed by atoms with Crippen molar-refractivity contribution in [3.05, 3.63) is 59.9 Å². The van der Waals surface area contributed by atoms with Gasteiger partial charge in [0.15, 0.2) is 0 Å². The number of aromatic nitrogens is 4. The van der Waals surface area contributed by atoms with Gasteiger partial charge in [-0.25, -0.2) is 33.5 Å². The van der Waals surface area contributed by atoms with E-state index in [9.17, 15) is 8.78 Å². The molecule has 3 N–H and O–H groups in total. The van der Waals surface area contributed by atoms with Crippen LogP contribution < -0.4 is 5.32 Å². The van der Waals surface area contributed by atoms with Crippen LogP contribution in [0.4, 0.5) is 25.2 Å². The van der Waals surface area contributed by atoms with Crippen molar-refractivity contribution in [3.63, 3.8) is 0 Å². The van der Waals surface area contributed by atoms with E-state index in [1.807, 2.05) is 37.5 Å². The van der Waals surface area contributed by atoms with Crippen molar-refractivity contribution in [1.82, 2.24) is 19.9 Å². The fraction of sp³-hybridized carbons (Fsp3) is 0.423. The Labute approximate surface area is 208 Å². The van der Waals surface area contributed by atoms with Crippen LogP contribution >= 0.6 is 0 Å². The topological polar surface area (TPSA) is 121 Å². The summed E-state index contributed by atoms with van der Waals surface area (Å²) >= 11 is 0. The summed E-state index contributed by atoms with van der Waals surface area (Å²) in [5, 5.41) is 17.0. The summed E-state index contributed by atoms with van der Waals surface area (Å²) in [6.45, 7) is 6.55. The second kappa shape index (κ2) is 12.3. The maximum Gasteiger partial charge on any atom is 0.503 e. The summed E-state index contributed by atoms with van der Waals surface area (Å²) in [6, 6.07) is 7.11. The van der Waals surface area contributed by atoms with Crippen LogP contribution in [0, 0.1) is 18.8 Å². The molecule has 0 radical (unpaired) electrons. The van der Waals surface area contributed by atoms with Crippen LogP contribution in [0.5, 0.6) is 0 Å². The minimum Gasteiger partial charge on any atom is -0.450 e. The highest BCUT2D eigenvalue weighted by atomic mass is 19.3. The number of rotatable bonds is 6. The molecule has 0 saturated heterocycles. The minimum atomic E-state index is -2.64. The van der Waals surface area contributed by atoms with E-state index in [0.717, 1.165) is 34.1 Å². The number of hydrogen-bond donors (Lipinski definition) is 3. The van der Waals surface area contributed by atoms with Gasteiger partial charge in [0.05, 0.1) is 0 Å². The van der Waals surface area contributed by atoms with Crippen molar-refractivity contribution in [3.8, 4) is 11.1 Å². The first-order valence-electron chi connectivity index (χ1n) is 11.9. The van der Waals surface area contributed by atoms with Gasteiger partial charge in [0.1, 0.15) is 11.5 Å². The summed E-state index contributed by atoms with van der Waals surface area (Å²) in [4.78, 5) is 25.9. The number of carbonyl (C=O) groups is 1. The third kappa shape index (κ3) is 7.66. The highest BCUT2D eigenvalue weighted by Gasteiger charge is 2.26. The standard InChI is InChI=1S/C25H29F2N5.CH2O3/c1-15-5-4-6-18(9-15)17(3)24-29-13-20(14-30-24)19-10-16(2)11-21(12-19)31-25-28-8-7-22(32-25)23(26)27;2-1(3)4/h7-8,10-15,17-18,23H,4-6,9H2,1-3H3,(H,28,31,32);(H2,2,3,4)/t15-,17+,18?;/m0./s1. The first kappa shape index (κ1) is 26.9. The van der Waals surface area contributed by atoms with Gasteiger partial charge in [0.25, 0.3) is 6.43 Å². The lowest BCUT2D eigenvalue weighted by molar-refractivity contribution is 0.136. The number of nitrogens with zero attached hydrogens (tertiary/aromatic N) is 4. The van der Waals surface area contributed by atoms with E-state index in [4.69, 9.17) is 25.0 Å². The summed E-state index contributed by atoms with van der Waals surface area (Å²) in [5.74, 6) is 2.81. The van der Waals surface area contributed by atoms with E-state index < -0.39 is 12.6 Å². The van der Waals surface area contributed by atoms with E-state index in [-0.39, 0.29) is 11.6 Å².